The maximum Gasteiger partial charge on any atom is 0.254 e. The fourth-order valence-electron chi connectivity index (χ4n) is 3.24. The maximum atomic E-state index is 12.8. The summed E-state index contributed by atoms with van der Waals surface area (Å²) in [5, 5.41) is 2.97. The lowest BCUT2D eigenvalue weighted by Crippen LogP contribution is -2.41. The fraction of sp³-hybridized carbons (Fsp3) is 0.333. The molecule has 2 aromatic rings. The second kappa shape index (κ2) is 9.27. The molecule has 0 bridgehead atoms. The number of nitrogens with zero attached hydrogens (tertiary/aromatic N) is 1. The number of rotatable bonds is 5. The van der Waals surface area contributed by atoms with Gasteiger partial charge in [-0.05, 0) is 71.8 Å². The minimum Gasteiger partial charge on any atom is -0.497 e. The molecule has 0 aromatic heterocycles. The summed E-state index contributed by atoms with van der Waals surface area (Å²) in [7, 11) is 3.11. The van der Waals surface area contributed by atoms with Gasteiger partial charge in [0.1, 0.15) is 11.5 Å². The van der Waals surface area contributed by atoms with Crippen LogP contribution in [-0.2, 0) is 4.79 Å². The van der Waals surface area contributed by atoms with Crippen LogP contribution in [0.2, 0.25) is 0 Å². The molecule has 0 aliphatic carbocycles. The third-order valence-corrected chi connectivity index (χ3v) is 5.58. The van der Waals surface area contributed by atoms with Crippen molar-refractivity contribution in [2.24, 2.45) is 5.92 Å². The van der Waals surface area contributed by atoms with Gasteiger partial charge < -0.3 is 19.7 Å². The van der Waals surface area contributed by atoms with Gasteiger partial charge in [-0.15, -0.1) is 0 Å². The summed E-state index contributed by atoms with van der Waals surface area (Å²) < 4.78 is 11.6. The van der Waals surface area contributed by atoms with Gasteiger partial charge in [-0.1, -0.05) is 0 Å². The predicted octanol–water partition coefficient (Wildman–Crippen LogP) is 3.80. The van der Waals surface area contributed by atoms with Crippen molar-refractivity contribution < 1.29 is 19.1 Å². The average Bonchev–Trinajstić information content (AvgIpc) is 2.74. The first-order valence-electron chi connectivity index (χ1n) is 9.09. The van der Waals surface area contributed by atoms with Crippen molar-refractivity contribution in [3.05, 3.63) is 51.6 Å². The summed E-state index contributed by atoms with van der Waals surface area (Å²) in [5.74, 6) is 0.997. The Morgan fingerprint density at radius 1 is 1.00 bits per heavy atom. The van der Waals surface area contributed by atoms with E-state index in [2.05, 4.69) is 27.9 Å². The van der Waals surface area contributed by atoms with Crippen LogP contribution < -0.4 is 14.8 Å². The monoisotopic (exact) mass is 494 g/mol. The lowest BCUT2D eigenvalue weighted by atomic mass is 9.95. The van der Waals surface area contributed by atoms with Crippen LogP contribution in [0, 0.1) is 9.49 Å². The van der Waals surface area contributed by atoms with Crippen molar-refractivity contribution in [1.82, 2.24) is 4.90 Å². The highest BCUT2D eigenvalue weighted by molar-refractivity contribution is 14.1. The van der Waals surface area contributed by atoms with E-state index < -0.39 is 0 Å². The Morgan fingerprint density at radius 2 is 1.57 bits per heavy atom. The highest BCUT2D eigenvalue weighted by atomic mass is 127. The molecule has 0 atom stereocenters. The lowest BCUT2D eigenvalue weighted by molar-refractivity contribution is -0.121. The molecule has 1 aliphatic rings. The van der Waals surface area contributed by atoms with E-state index in [4.69, 9.17) is 9.47 Å². The van der Waals surface area contributed by atoms with Crippen LogP contribution in [0.15, 0.2) is 42.5 Å². The number of halogens is 1. The molecule has 148 valence electrons. The smallest absolute Gasteiger partial charge is 0.254 e. The molecule has 1 N–H and O–H groups in total. The topological polar surface area (TPSA) is 67.9 Å². The SMILES string of the molecule is COc1cc(OC)cc(C(=O)N2CCC(C(=O)Nc3ccc(I)cc3)CC2)c1. The van der Waals surface area contributed by atoms with Crippen molar-refractivity contribution in [3.8, 4) is 11.5 Å². The lowest BCUT2D eigenvalue weighted by Gasteiger charge is -2.31. The van der Waals surface area contributed by atoms with E-state index in [-0.39, 0.29) is 17.7 Å². The Bertz CT molecular complexity index is 824. The predicted molar refractivity (Wildman–Crippen MR) is 116 cm³/mol. The van der Waals surface area contributed by atoms with Crippen molar-refractivity contribution >= 4 is 40.1 Å². The van der Waals surface area contributed by atoms with E-state index in [0.29, 0.717) is 43.0 Å². The number of nitrogens with one attached hydrogen (secondary N) is 1. The number of carbonyl (C=O) groups is 2. The van der Waals surface area contributed by atoms with Crippen molar-refractivity contribution in [3.63, 3.8) is 0 Å². The Morgan fingerprint density at radius 3 is 2.11 bits per heavy atom. The van der Waals surface area contributed by atoms with Crippen LogP contribution in [0.5, 0.6) is 11.5 Å². The number of methoxy groups -OCH3 is 2. The Labute approximate surface area is 178 Å². The first kappa shape index (κ1) is 20.4. The zero-order valence-corrected chi connectivity index (χ0v) is 18.1. The van der Waals surface area contributed by atoms with E-state index in [0.717, 1.165) is 9.26 Å². The van der Waals surface area contributed by atoms with Gasteiger partial charge in [0.25, 0.3) is 5.91 Å². The summed E-state index contributed by atoms with van der Waals surface area (Å²) in [4.78, 5) is 27.1. The van der Waals surface area contributed by atoms with Crippen LogP contribution >= 0.6 is 22.6 Å². The molecule has 1 fully saturated rings. The van der Waals surface area contributed by atoms with E-state index in [1.54, 1.807) is 37.3 Å². The number of likely N-dealkylation sites (tertiary alicyclic amines) is 1. The zero-order valence-electron chi connectivity index (χ0n) is 15.9. The molecule has 3 rings (SSSR count). The van der Waals surface area contributed by atoms with E-state index in [1.165, 1.54) is 0 Å². The number of piperidine rings is 1. The molecule has 0 saturated carbocycles. The number of hydrogen-bond donors (Lipinski definition) is 1. The van der Waals surface area contributed by atoms with Gasteiger partial charge in [-0.3, -0.25) is 9.59 Å². The molecular weight excluding hydrogens is 471 g/mol. The first-order valence-corrected chi connectivity index (χ1v) is 10.2. The molecule has 2 amide bonds. The minimum absolute atomic E-state index is 0.0105. The maximum absolute atomic E-state index is 12.8. The molecule has 7 heteroatoms. The Hall–Kier alpha value is -2.29. The molecule has 0 radical (unpaired) electrons. The average molecular weight is 494 g/mol. The largest absolute Gasteiger partial charge is 0.497 e. The second-order valence-electron chi connectivity index (χ2n) is 6.66. The second-order valence-corrected chi connectivity index (χ2v) is 7.91. The molecule has 0 spiro atoms. The van der Waals surface area contributed by atoms with Gasteiger partial charge >= 0.3 is 0 Å². The molecule has 0 unspecified atom stereocenters. The van der Waals surface area contributed by atoms with Gasteiger partial charge in [0, 0.05) is 39.9 Å². The van der Waals surface area contributed by atoms with E-state index in [1.807, 2.05) is 24.3 Å². The summed E-state index contributed by atoms with van der Waals surface area (Å²) in [5.41, 5.74) is 1.32. The molecule has 6 nitrogen and oxygen atoms in total. The van der Waals surface area contributed by atoms with Crippen LogP contribution in [0.25, 0.3) is 0 Å². The standard InChI is InChI=1S/C21H23IN2O4/c1-27-18-11-15(12-19(13-18)28-2)21(26)24-9-7-14(8-10-24)20(25)23-17-5-3-16(22)4-6-17/h3-6,11-14H,7-10H2,1-2H3,(H,23,25). The molecule has 28 heavy (non-hydrogen) atoms. The highest BCUT2D eigenvalue weighted by Crippen LogP contribution is 2.26. The number of anilines is 1. The summed E-state index contributed by atoms with van der Waals surface area (Å²) in [6.07, 6.45) is 1.28. The number of amides is 2. The third-order valence-electron chi connectivity index (χ3n) is 4.86. The third kappa shape index (κ3) is 4.95. The van der Waals surface area contributed by atoms with E-state index in [9.17, 15) is 9.59 Å². The van der Waals surface area contributed by atoms with E-state index >= 15 is 0 Å². The Kier molecular flexibility index (Phi) is 6.77. The molecule has 1 heterocycles. The van der Waals surface area contributed by atoms with Gasteiger partial charge in [0.05, 0.1) is 14.2 Å². The van der Waals surface area contributed by atoms with Crippen LogP contribution in [0.1, 0.15) is 23.2 Å². The fourth-order valence-corrected chi connectivity index (χ4v) is 3.60. The minimum atomic E-state index is -0.0943. The highest BCUT2D eigenvalue weighted by Gasteiger charge is 2.28. The molecule has 1 aliphatic heterocycles. The number of ether oxygens (including phenoxy) is 2. The van der Waals surface area contributed by atoms with Gasteiger partial charge in [0.15, 0.2) is 0 Å². The molecular formula is C21H23IN2O4. The summed E-state index contributed by atoms with van der Waals surface area (Å²) in [6, 6.07) is 12.9. The van der Waals surface area contributed by atoms with Gasteiger partial charge in [0.2, 0.25) is 5.91 Å². The van der Waals surface area contributed by atoms with Crippen LogP contribution in [0.3, 0.4) is 0 Å². The quantitative estimate of drug-likeness (QED) is 0.643. The normalized spacial score (nSPS) is 14.5. The summed E-state index contributed by atoms with van der Waals surface area (Å²) in [6.45, 7) is 1.09. The van der Waals surface area contributed by atoms with Gasteiger partial charge in [-0.25, -0.2) is 0 Å². The van der Waals surface area contributed by atoms with Crippen molar-refractivity contribution in [2.45, 2.75) is 12.8 Å². The molecule has 2 aromatic carbocycles. The number of carbonyl (C=O) groups excluding carboxylic acids is 2. The molecule has 1 saturated heterocycles. The number of benzene rings is 2. The number of hydrogen-bond acceptors (Lipinski definition) is 4. The van der Waals surface area contributed by atoms with Crippen LogP contribution in [-0.4, -0.2) is 44.0 Å². The summed E-state index contributed by atoms with van der Waals surface area (Å²) >= 11 is 2.23. The van der Waals surface area contributed by atoms with Gasteiger partial charge in [-0.2, -0.15) is 0 Å². The first-order chi connectivity index (χ1) is 13.5. The van der Waals surface area contributed by atoms with Crippen molar-refractivity contribution in [2.75, 3.05) is 32.6 Å². The van der Waals surface area contributed by atoms with Crippen molar-refractivity contribution in [1.29, 1.82) is 0 Å². The Balaban J connectivity index is 1.59. The van der Waals surface area contributed by atoms with Crippen LogP contribution in [0.4, 0.5) is 5.69 Å². The zero-order chi connectivity index (χ0) is 20.1.